The maximum absolute atomic E-state index is 10.9. The fraction of sp³-hybridized carbons (Fsp3) is 0.222. The van der Waals surface area contributed by atoms with Crippen LogP contribution in [0.4, 0.5) is 5.69 Å². The molecule has 0 radical (unpaired) electrons. The Morgan fingerprint density at radius 3 is 2.73 bits per heavy atom. The molecular weight excluding hydrogens is 138 g/mol. The molecule has 0 saturated heterocycles. The predicted octanol–water partition coefficient (Wildman–Crippen LogP) is 2.52. The Labute approximate surface area is 66.2 Å². The monoisotopic (exact) mass is 148 g/mol. The van der Waals surface area contributed by atoms with Crippen molar-refractivity contribution in [2.75, 3.05) is 7.05 Å². The summed E-state index contributed by atoms with van der Waals surface area (Å²) >= 11 is 0. The third kappa shape index (κ3) is 1.80. The van der Waals surface area contributed by atoms with Gasteiger partial charge in [0.2, 0.25) is 0 Å². The number of carbonyl (C=O) groups excluding carboxylic acids is 1. The molecule has 1 rings (SSSR count). The molecule has 0 aliphatic rings. The Balaban J connectivity index is 3.01. The van der Waals surface area contributed by atoms with E-state index in [2.05, 4.69) is 5.32 Å². The van der Waals surface area contributed by atoms with Gasteiger partial charge in [-0.05, 0) is 6.92 Å². The number of ketones is 1. The molecule has 0 aromatic heterocycles. The summed E-state index contributed by atoms with van der Waals surface area (Å²) in [6.07, 6.45) is 0. The van der Waals surface area contributed by atoms with E-state index in [9.17, 15) is 4.79 Å². The van der Waals surface area contributed by atoms with Crippen molar-refractivity contribution < 1.29 is 4.79 Å². The summed E-state index contributed by atoms with van der Waals surface area (Å²) < 4.78 is 0. The normalized spacial score (nSPS) is 9.27. The number of hydrogen-bond acceptors (Lipinski definition) is 1. The molecule has 0 fully saturated rings. The minimum absolute atomic E-state index is 0.0792. The van der Waals surface area contributed by atoms with Gasteiger partial charge >= 0.3 is 0 Å². The molecule has 0 aliphatic carbocycles. The van der Waals surface area contributed by atoms with Crippen LogP contribution in [-0.4, -0.2) is 12.8 Å². The fourth-order valence-electron chi connectivity index (χ4n) is 0.864. The minimum atomic E-state index is 0.0792. The van der Waals surface area contributed by atoms with Crippen molar-refractivity contribution >= 4 is 11.5 Å². The van der Waals surface area contributed by atoms with E-state index in [1.807, 2.05) is 12.1 Å². The van der Waals surface area contributed by atoms with Crippen molar-refractivity contribution in [3.05, 3.63) is 35.1 Å². The molecule has 0 saturated carbocycles. The van der Waals surface area contributed by atoms with Gasteiger partial charge in [-0.25, -0.2) is 0 Å². The highest BCUT2D eigenvalue weighted by atomic mass is 16.1. The second-order valence-electron chi connectivity index (χ2n) is 2.33. The van der Waals surface area contributed by atoms with Crippen LogP contribution in [0.25, 0.3) is 5.32 Å². The van der Waals surface area contributed by atoms with Crippen molar-refractivity contribution in [3.8, 4) is 0 Å². The summed E-state index contributed by atoms with van der Waals surface area (Å²) in [6.45, 7) is 1.55. The van der Waals surface area contributed by atoms with Crippen molar-refractivity contribution in [1.82, 2.24) is 0 Å². The Bertz CT molecular complexity index is 268. The molecule has 0 spiro atoms. The zero-order valence-corrected chi connectivity index (χ0v) is 6.66. The SMILES string of the molecule is C[N-]c1cccc(C(C)=O)c1. The van der Waals surface area contributed by atoms with E-state index in [-0.39, 0.29) is 5.78 Å². The summed E-state index contributed by atoms with van der Waals surface area (Å²) in [5.41, 5.74) is 1.56. The van der Waals surface area contributed by atoms with Gasteiger partial charge in [0.1, 0.15) is 0 Å². The molecule has 2 heteroatoms. The van der Waals surface area contributed by atoms with Crippen LogP contribution >= 0.6 is 0 Å². The lowest BCUT2D eigenvalue weighted by atomic mass is 10.1. The van der Waals surface area contributed by atoms with Crippen LogP contribution in [0.15, 0.2) is 24.3 Å². The second-order valence-corrected chi connectivity index (χ2v) is 2.33. The third-order valence-corrected chi connectivity index (χ3v) is 1.51. The molecule has 0 bridgehead atoms. The molecule has 58 valence electrons. The summed E-state index contributed by atoms with van der Waals surface area (Å²) in [4.78, 5) is 10.9. The van der Waals surface area contributed by atoms with E-state index in [4.69, 9.17) is 0 Å². The number of benzene rings is 1. The van der Waals surface area contributed by atoms with E-state index >= 15 is 0 Å². The van der Waals surface area contributed by atoms with Crippen LogP contribution in [0.5, 0.6) is 0 Å². The van der Waals surface area contributed by atoms with Gasteiger partial charge in [0, 0.05) is 5.56 Å². The van der Waals surface area contributed by atoms with Gasteiger partial charge in [0.05, 0.1) is 0 Å². The van der Waals surface area contributed by atoms with Gasteiger partial charge in [0.15, 0.2) is 5.78 Å². The first-order valence-corrected chi connectivity index (χ1v) is 3.45. The fourth-order valence-corrected chi connectivity index (χ4v) is 0.864. The first kappa shape index (κ1) is 7.79. The predicted molar refractivity (Wildman–Crippen MR) is 45.4 cm³/mol. The van der Waals surface area contributed by atoms with Crippen LogP contribution in [0.1, 0.15) is 17.3 Å². The number of Topliss-reactive ketones (excluding diaryl/α,β-unsaturated/α-hetero) is 1. The van der Waals surface area contributed by atoms with Crippen LogP contribution in [-0.2, 0) is 0 Å². The molecular formula is C9H10NO-. The topological polar surface area (TPSA) is 31.2 Å². The number of carbonyl (C=O) groups is 1. The van der Waals surface area contributed by atoms with E-state index in [0.717, 1.165) is 5.69 Å². The van der Waals surface area contributed by atoms with Gasteiger partial charge in [-0.15, -0.1) is 12.7 Å². The molecule has 11 heavy (non-hydrogen) atoms. The maximum atomic E-state index is 10.9. The van der Waals surface area contributed by atoms with Crippen molar-refractivity contribution in [3.63, 3.8) is 0 Å². The lowest BCUT2D eigenvalue weighted by Gasteiger charge is -2.13. The van der Waals surface area contributed by atoms with E-state index in [0.29, 0.717) is 5.56 Å². The van der Waals surface area contributed by atoms with E-state index < -0.39 is 0 Å². The molecule has 0 heterocycles. The molecule has 0 atom stereocenters. The van der Waals surface area contributed by atoms with E-state index in [1.54, 1.807) is 26.1 Å². The molecule has 1 aromatic carbocycles. The van der Waals surface area contributed by atoms with Gasteiger partial charge in [-0.2, -0.15) is 0 Å². The highest BCUT2D eigenvalue weighted by Gasteiger charge is 1.94. The average Bonchev–Trinajstić information content (AvgIpc) is 2.05. The van der Waals surface area contributed by atoms with Crippen molar-refractivity contribution in [2.24, 2.45) is 0 Å². The smallest absolute Gasteiger partial charge is 0.159 e. The lowest BCUT2D eigenvalue weighted by molar-refractivity contribution is 0.101. The summed E-state index contributed by atoms with van der Waals surface area (Å²) in [6, 6.07) is 7.27. The van der Waals surface area contributed by atoms with Crippen LogP contribution in [0.3, 0.4) is 0 Å². The molecule has 0 amide bonds. The highest BCUT2D eigenvalue weighted by molar-refractivity contribution is 5.95. The molecule has 0 N–H and O–H groups in total. The lowest BCUT2D eigenvalue weighted by Crippen LogP contribution is -1.89. The van der Waals surface area contributed by atoms with Crippen molar-refractivity contribution in [2.45, 2.75) is 6.92 Å². The first-order valence-electron chi connectivity index (χ1n) is 3.45. The zero-order valence-electron chi connectivity index (χ0n) is 6.66. The van der Waals surface area contributed by atoms with Gasteiger partial charge < -0.3 is 5.32 Å². The summed E-state index contributed by atoms with van der Waals surface area (Å²) in [5, 5.41) is 3.96. The molecule has 0 unspecified atom stereocenters. The van der Waals surface area contributed by atoms with Crippen LogP contribution in [0.2, 0.25) is 0 Å². The Morgan fingerprint density at radius 1 is 1.45 bits per heavy atom. The number of nitrogens with zero attached hydrogens (tertiary/aromatic N) is 1. The van der Waals surface area contributed by atoms with Gasteiger partial charge in [-0.3, -0.25) is 4.79 Å². The Morgan fingerprint density at radius 2 is 2.18 bits per heavy atom. The maximum Gasteiger partial charge on any atom is 0.159 e. The summed E-state index contributed by atoms with van der Waals surface area (Å²) in [7, 11) is 1.71. The highest BCUT2D eigenvalue weighted by Crippen LogP contribution is 2.16. The van der Waals surface area contributed by atoms with Crippen LogP contribution in [0, 0.1) is 0 Å². The molecule has 1 aromatic rings. The largest absolute Gasteiger partial charge is 0.687 e. The van der Waals surface area contributed by atoms with Crippen molar-refractivity contribution in [1.29, 1.82) is 0 Å². The quantitative estimate of drug-likeness (QED) is 0.593. The first-order chi connectivity index (χ1) is 5.24. The van der Waals surface area contributed by atoms with E-state index in [1.165, 1.54) is 0 Å². The standard InChI is InChI=1S/C9H10NO/c1-7(11)8-4-3-5-9(6-8)10-2/h3-6H,1-2H3/q-1. The summed E-state index contributed by atoms with van der Waals surface area (Å²) in [5.74, 6) is 0.0792. The molecule has 2 nitrogen and oxygen atoms in total. The number of hydrogen-bond donors (Lipinski definition) is 0. The van der Waals surface area contributed by atoms with Gasteiger partial charge in [-0.1, -0.05) is 24.3 Å². The Kier molecular flexibility index (Phi) is 2.26. The minimum Gasteiger partial charge on any atom is -0.687 e. The third-order valence-electron chi connectivity index (χ3n) is 1.51. The van der Waals surface area contributed by atoms with Gasteiger partial charge in [0.25, 0.3) is 0 Å². The van der Waals surface area contributed by atoms with Crippen LogP contribution < -0.4 is 0 Å². The second kappa shape index (κ2) is 3.19. The Hall–Kier alpha value is -1.31. The molecule has 0 aliphatic heterocycles. The zero-order chi connectivity index (χ0) is 8.27. The average molecular weight is 148 g/mol. The number of rotatable bonds is 2.